The maximum Gasteiger partial charge on any atom is 0.257 e. The fraction of sp³-hybridized carbons (Fsp3) is 0.222. The standard InChI is InChI=1S/C8H5F4NO2.CH4O/c1-13-8(15)2-3(9)5(11)7(14)6(12)4(2)10;1-2/h14H,1H3,(H,13,15);2H,1H3. The van der Waals surface area contributed by atoms with Crippen molar-refractivity contribution in [1.29, 1.82) is 0 Å². The highest BCUT2D eigenvalue weighted by atomic mass is 19.2. The van der Waals surface area contributed by atoms with Gasteiger partial charge in [-0.15, -0.1) is 0 Å². The molecule has 1 aromatic carbocycles. The number of phenols is 1. The van der Waals surface area contributed by atoms with Gasteiger partial charge < -0.3 is 15.5 Å². The summed E-state index contributed by atoms with van der Waals surface area (Å²) in [5.74, 6) is -11.0. The number of aliphatic hydroxyl groups is 1. The number of carbonyl (C=O) groups excluding carboxylic acids is 1. The predicted octanol–water partition coefficient (Wildman–Crippen LogP) is 0.917. The molecule has 3 N–H and O–H groups in total. The smallest absolute Gasteiger partial charge is 0.257 e. The van der Waals surface area contributed by atoms with Crippen LogP contribution in [0.25, 0.3) is 0 Å². The molecule has 0 aromatic heterocycles. The van der Waals surface area contributed by atoms with Crippen LogP contribution >= 0.6 is 0 Å². The van der Waals surface area contributed by atoms with Crippen LogP contribution in [0.3, 0.4) is 0 Å². The largest absolute Gasteiger partial charge is 0.503 e. The van der Waals surface area contributed by atoms with Crippen LogP contribution in [0, 0.1) is 23.3 Å². The van der Waals surface area contributed by atoms with Gasteiger partial charge in [-0.25, -0.2) is 8.78 Å². The van der Waals surface area contributed by atoms with E-state index in [0.29, 0.717) is 0 Å². The molecular weight excluding hydrogens is 246 g/mol. The van der Waals surface area contributed by atoms with Gasteiger partial charge in [-0.2, -0.15) is 8.78 Å². The molecule has 1 rings (SSSR count). The van der Waals surface area contributed by atoms with Gasteiger partial charge in [0.2, 0.25) is 11.6 Å². The van der Waals surface area contributed by atoms with Crippen LogP contribution in [-0.4, -0.2) is 30.3 Å². The second-order valence-electron chi connectivity index (χ2n) is 2.56. The lowest BCUT2D eigenvalue weighted by Crippen LogP contribution is -2.22. The minimum absolute atomic E-state index is 1.00. The van der Waals surface area contributed by atoms with Gasteiger partial charge in [0.15, 0.2) is 17.4 Å². The van der Waals surface area contributed by atoms with E-state index < -0.39 is 40.5 Å². The Morgan fingerprint density at radius 1 is 1.00 bits per heavy atom. The van der Waals surface area contributed by atoms with E-state index in [4.69, 9.17) is 10.2 Å². The third-order valence-electron chi connectivity index (χ3n) is 1.69. The topological polar surface area (TPSA) is 69.6 Å². The number of rotatable bonds is 1. The SMILES string of the molecule is CNC(=O)c1c(F)c(F)c(O)c(F)c1F.CO. The first-order chi connectivity index (χ1) is 7.91. The van der Waals surface area contributed by atoms with E-state index in [0.717, 1.165) is 14.2 Å². The van der Waals surface area contributed by atoms with Crippen molar-refractivity contribution in [2.75, 3.05) is 14.2 Å². The van der Waals surface area contributed by atoms with E-state index in [9.17, 15) is 22.4 Å². The van der Waals surface area contributed by atoms with Crippen LogP contribution in [0.1, 0.15) is 10.4 Å². The Balaban J connectivity index is 0.00000121. The first-order valence-corrected chi connectivity index (χ1v) is 4.13. The average Bonchev–Trinajstić information content (AvgIpc) is 2.36. The highest BCUT2D eigenvalue weighted by Crippen LogP contribution is 2.28. The Kier molecular flexibility index (Phi) is 5.39. The van der Waals surface area contributed by atoms with Crippen molar-refractivity contribution in [1.82, 2.24) is 5.32 Å². The molecule has 0 atom stereocenters. The van der Waals surface area contributed by atoms with Crippen LogP contribution in [-0.2, 0) is 0 Å². The number of carbonyl (C=O) groups is 1. The van der Waals surface area contributed by atoms with Crippen molar-refractivity contribution >= 4 is 5.91 Å². The highest BCUT2D eigenvalue weighted by molar-refractivity contribution is 5.94. The molecule has 0 aliphatic carbocycles. The number of aliphatic hydroxyl groups excluding tert-OH is 1. The monoisotopic (exact) mass is 255 g/mol. The highest BCUT2D eigenvalue weighted by Gasteiger charge is 2.28. The molecule has 0 spiro atoms. The van der Waals surface area contributed by atoms with E-state index >= 15 is 0 Å². The Morgan fingerprint density at radius 3 is 1.65 bits per heavy atom. The van der Waals surface area contributed by atoms with Gasteiger partial charge in [-0.05, 0) is 0 Å². The van der Waals surface area contributed by atoms with Gasteiger partial charge in [0.25, 0.3) is 5.91 Å². The molecule has 0 fully saturated rings. The molecule has 4 nitrogen and oxygen atoms in total. The second-order valence-corrected chi connectivity index (χ2v) is 2.56. The Bertz CT molecular complexity index is 408. The maximum atomic E-state index is 12.9. The van der Waals surface area contributed by atoms with Gasteiger partial charge >= 0.3 is 0 Å². The molecule has 0 aliphatic rings. The summed E-state index contributed by atoms with van der Waals surface area (Å²) in [6.45, 7) is 0. The zero-order chi connectivity index (χ0) is 13.7. The molecule has 0 heterocycles. The molecule has 1 amide bonds. The molecule has 0 radical (unpaired) electrons. The van der Waals surface area contributed by atoms with Crippen molar-refractivity contribution in [2.24, 2.45) is 0 Å². The molecule has 17 heavy (non-hydrogen) atoms. The van der Waals surface area contributed by atoms with Crippen LogP contribution in [0.2, 0.25) is 0 Å². The van der Waals surface area contributed by atoms with E-state index in [1.165, 1.54) is 0 Å². The normalized spacial score (nSPS) is 9.35. The third-order valence-corrected chi connectivity index (χ3v) is 1.69. The first kappa shape index (κ1) is 15.2. The van der Waals surface area contributed by atoms with Crippen LogP contribution in [0.4, 0.5) is 17.6 Å². The zero-order valence-electron chi connectivity index (χ0n) is 8.81. The third kappa shape index (κ3) is 2.64. The number of hydrogen-bond donors (Lipinski definition) is 3. The Hall–Kier alpha value is -1.83. The number of benzene rings is 1. The Morgan fingerprint density at radius 2 is 1.35 bits per heavy atom. The van der Waals surface area contributed by atoms with Crippen molar-refractivity contribution in [3.63, 3.8) is 0 Å². The van der Waals surface area contributed by atoms with E-state index in [-0.39, 0.29) is 0 Å². The molecule has 0 aliphatic heterocycles. The number of aromatic hydroxyl groups is 1. The summed E-state index contributed by atoms with van der Waals surface area (Å²) in [5.41, 5.74) is -1.41. The summed E-state index contributed by atoms with van der Waals surface area (Å²) in [5, 5.41) is 17.4. The van der Waals surface area contributed by atoms with Gasteiger partial charge in [-0.1, -0.05) is 0 Å². The second kappa shape index (κ2) is 6.04. The number of halogens is 4. The number of phenolic OH excluding ortho intramolecular Hbond substituents is 1. The fourth-order valence-electron chi connectivity index (χ4n) is 0.944. The van der Waals surface area contributed by atoms with E-state index in [2.05, 4.69) is 0 Å². The molecule has 0 unspecified atom stereocenters. The number of nitrogens with one attached hydrogen (secondary N) is 1. The average molecular weight is 255 g/mol. The maximum absolute atomic E-state index is 12.9. The summed E-state index contributed by atoms with van der Waals surface area (Å²) in [6, 6.07) is 0. The lowest BCUT2D eigenvalue weighted by molar-refractivity contribution is 0.0951. The Labute approximate surface area is 93.5 Å². The van der Waals surface area contributed by atoms with Crippen LogP contribution < -0.4 is 5.32 Å². The lowest BCUT2D eigenvalue weighted by atomic mass is 10.1. The summed E-state index contributed by atoms with van der Waals surface area (Å²) in [6.07, 6.45) is 0. The minimum atomic E-state index is -2.01. The quantitative estimate of drug-likeness (QED) is 0.516. The van der Waals surface area contributed by atoms with Gasteiger partial charge in [0.05, 0.1) is 0 Å². The fourth-order valence-corrected chi connectivity index (χ4v) is 0.944. The number of hydrogen-bond acceptors (Lipinski definition) is 3. The predicted molar refractivity (Wildman–Crippen MR) is 49.5 cm³/mol. The molecule has 1 aromatic rings. The van der Waals surface area contributed by atoms with Gasteiger partial charge in [0.1, 0.15) is 5.56 Å². The van der Waals surface area contributed by atoms with Gasteiger partial charge in [-0.3, -0.25) is 4.79 Å². The van der Waals surface area contributed by atoms with Crippen molar-refractivity contribution in [3.05, 3.63) is 28.8 Å². The van der Waals surface area contributed by atoms with Crippen LogP contribution in [0.5, 0.6) is 5.75 Å². The van der Waals surface area contributed by atoms with Crippen molar-refractivity contribution in [2.45, 2.75) is 0 Å². The van der Waals surface area contributed by atoms with E-state index in [1.54, 1.807) is 5.32 Å². The number of amides is 1. The molecule has 0 bridgehead atoms. The molecule has 96 valence electrons. The summed E-state index contributed by atoms with van der Waals surface area (Å²) < 4.78 is 51.3. The van der Waals surface area contributed by atoms with E-state index in [1.807, 2.05) is 0 Å². The van der Waals surface area contributed by atoms with Crippen molar-refractivity contribution in [3.8, 4) is 5.75 Å². The summed E-state index contributed by atoms with van der Waals surface area (Å²) in [4.78, 5) is 10.9. The lowest BCUT2D eigenvalue weighted by Gasteiger charge is -2.06. The van der Waals surface area contributed by atoms with Gasteiger partial charge in [0, 0.05) is 14.2 Å². The van der Waals surface area contributed by atoms with Crippen LogP contribution in [0.15, 0.2) is 0 Å². The minimum Gasteiger partial charge on any atom is -0.503 e. The molecular formula is C9H9F4NO3. The summed E-state index contributed by atoms with van der Waals surface area (Å²) in [7, 11) is 2.03. The molecule has 8 heteroatoms. The van der Waals surface area contributed by atoms with Crippen molar-refractivity contribution < 1.29 is 32.6 Å². The summed E-state index contributed by atoms with van der Waals surface area (Å²) >= 11 is 0. The zero-order valence-corrected chi connectivity index (χ0v) is 8.81. The first-order valence-electron chi connectivity index (χ1n) is 4.13. The molecule has 0 saturated heterocycles. The molecule has 0 saturated carbocycles.